The van der Waals surface area contributed by atoms with E-state index >= 15 is 0 Å². The number of anilines is 1. The number of nitrogens with one attached hydrogen (secondary N) is 1. The second-order valence-corrected chi connectivity index (χ2v) is 8.39. The Morgan fingerprint density at radius 1 is 1.21 bits per heavy atom. The van der Waals surface area contributed by atoms with Crippen molar-refractivity contribution < 1.29 is 4.79 Å². The van der Waals surface area contributed by atoms with Crippen molar-refractivity contribution in [3.8, 4) is 0 Å². The molecule has 3 N–H and O–H groups in total. The van der Waals surface area contributed by atoms with Gasteiger partial charge in [-0.25, -0.2) is 0 Å². The maximum absolute atomic E-state index is 10.6. The minimum absolute atomic E-state index is 0.239. The number of thioether (sulfide) groups is 1. The SMILES string of the molecule is CC1(c2ccc(C=O)cc2)CCSC(N)=N1.CNCCCN(C)c1ccccc1. The molecule has 1 atom stereocenters. The molecule has 29 heavy (non-hydrogen) atoms. The highest BCUT2D eigenvalue weighted by atomic mass is 32.2. The number of aldehydes is 1. The highest BCUT2D eigenvalue weighted by Crippen LogP contribution is 2.34. The lowest BCUT2D eigenvalue weighted by Crippen LogP contribution is -2.28. The highest BCUT2D eigenvalue weighted by Gasteiger charge is 2.29. The van der Waals surface area contributed by atoms with Crippen LogP contribution in [0.25, 0.3) is 0 Å². The molecular weight excluding hydrogens is 380 g/mol. The van der Waals surface area contributed by atoms with E-state index in [-0.39, 0.29) is 5.54 Å². The molecule has 156 valence electrons. The van der Waals surface area contributed by atoms with Gasteiger partial charge in [0.15, 0.2) is 5.17 Å². The summed E-state index contributed by atoms with van der Waals surface area (Å²) < 4.78 is 0. The van der Waals surface area contributed by atoms with E-state index in [0.29, 0.717) is 10.7 Å². The van der Waals surface area contributed by atoms with Gasteiger partial charge in [0.25, 0.3) is 0 Å². The van der Waals surface area contributed by atoms with E-state index in [1.54, 1.807) is 11.8 Å². The van der Waals surface area contributed by atoms with Crippen LogP contribution in [0.2, 0.25) is 0 Å². The lowest BCUT2D eigenvalue weighted by Gasteiger charge is -2.29. The van der Waals surface area contributed by atoms with Gasteiger partial charge in [0.2, 0.25) is 0 Å². The Labute approximate surface area is 178 Å². The summed E-state index contributed by atoms with van der Waals surface area (Å²) in [5.74, 6) is 0.987. The molecule has 3 rings (SSSR count). The van der Waals surface area contributed by atoms with Crippen molar-refractivity contribution >= 4 is 28.9 Å². The van der Waals surface area contributed by atoms with Crippen molar-refractivity contribution in [2.45, 2.75) is 25.3 Å². The number of carbonyl (C=O) groups excluding carboxylic acids is 1. The first-order valence-electron chi connectivity index (χ1n) is 9.93. The van der Waals surface area contributed by atoms with Crippen LogP contribution in [-0.2, 0) is 5.54 Å². The quantitative estimate of drug-likeness (QED) is 0.533. The van der Waals surface area contributed by atoms with Crippen molar-refractivity contribution in [1.29, 1.82) is 0 Å². The van der Waals surface area contributed by atoms with Crippen LogP contribution in [0.15, 0.2) is 59.6 Å². The van der Waals surface area contributed by atoms with Crippen LogP contribution in [0.3, 0.4) is 0 Å². The number of nitrogens with zero attached hydrogens (tertiary/aromatic N) is 2. The molecule has 0 saturated heterocycles. The topological polar surface area (TPSA) is 70.7 Å². The van der Waals surface area contributed by atoms with Crippen LogP contribution in [-0.4, -0.2) is 44.4 Å². The summed E-state index contributed by atoms with van der Waals surface area (Å²) in [5, 5.41) is 3.79. The van der Waals surface area contributed by atoms with Gasteiger partial charge in [0.1, 0.15) is 6.29 Å². The van der Waals surface area contributed by atoms with Gasteiger partial charge in [-0.1, -0.05) is 54.2 Å². The molecule has 0 spiro atoms. The van der Waals surface area contributed by atoms with Crippen LogP contribution in [0.1, 0.15) is 35.7 Å². The Morgan fingerprint density at radius 2 is 1.90 bits per heavy atom. The summed E-state index contributed by atoms with van der Waals surface area (Å²) in [7, 11) is 4.12. The molecule has 1 unspecified atom stereocenters. The first-order valence-corrected chi connectivity index (χ1v) is 10.9. The fourth-order valence-electron chi connectivity index (χ4n) is 3.12. The van der Waals surface area contributed by atoms with Crippen molar-refractivity contribution in [2.75, 3.05) is 37.8 Å². The maximum atomic E-state index is 10.6. The smallest absolute Gasteiger partial charge is 0.154 e. The fraction of sp³-hybridized carbons (Fsp3) is 0.391. The van der Waals surface area contributed by atoms with E-state index in [0.717, 1.165) is 37.1 Å². The molecular formula is C23H32N4OS. The molecule has 0 radical (unpaired) electrons. The Kier molecular flexibility index (Phi) is 9.22. The number of amidine groups is 1. The summed E-state index contributed by atoms with van der Waals surface area (Å²) >= 11 is 1.59. The zero-order valence-electron chi connectivity index (χ0n) is 17.6. The summed E-state index contributed by atoms with van der Waals surface area (Å²) in [6.45, 7) is 4.26. The molecule has 1 heterocycles. The van der Waals surface area contributed by atoms with Gasteiger partial charge in [0, 0.05) is 30.6 Å². The van der Waals surface area contributed by atoms with Crippen LogP contribution in [0.5, 0.6) is 0 Å². The van der Waals surface area contributed by atoms with Crippen molar-refractivity contribution in [2.24, 2.45) is 10.7 Å². The van der Waals surface area contributed by atoms with Gasteiger partial charge in [-0.2, -0.15) is 0 Å². The van der Waals surface area contributed by atoms with Crippen LogP contribution >= 0.6 is 11.8 Å². The number of hydrogen-bond acceptors (Lipinski definition) is 6. The molecule has 1 aliphatic heterocycles. The van der Waals surface area contributed by atoms with E-state index in [2.05, 4.69) is 53.4 Å². The van der Waals surface area contributed by atoms with Gasteiger partial charge in [0.05, 0.1) is 5.54 Å². The zero-order valence-corrected chi connectivity index (χ0v) is 18.4. The third-order valence-corrected chi connectivity index (χ3v) is 5.78. The van der Waals surface area contributed by atoms with Crippen molar-refractivity contribution in [3.05, 3.63) is 65.7 Å². The predicted molar refractivity (Wildman–Crippen MR) is 126 cm³/mol. The predicted octanol–water partition coefficient (Wildman–Crippen LogP) is 3.90. The van der Waals surface area contributed by atoms with Gasteiger partial charge >= 0.3 is 0 Å². The number of para-hydroxylation sites is 1. The van der Waals surface area contributed by atoms with Crippen molar-refractivity contribution in [1.82, 2.24) is 5.32 Å². The highest BCUT2D eigenvalue weighted by molar-refractivity contribution is 8.13. The van der Waals surface area contributed by atoms with Gasteiger partial charge in [-0.05, 0) is 51.1 Å². The molecule has 0 amide bonds. The molecule has 5 nitrogen and oxygen atoms in total. The standard InChI is InChI=1S/C12H14N2OS.C11H18N2/c1-12(6-7-16-11(13)14-12)10-4-2-9(8-15)3-5-10;1-12-9-6-10-13(2)11-7-4-3-5-8-11/h2-5,8H,6-7H2,1H3,(H2,13,14);3-5,7-8,12H,6,9-10H2,1-2H3. The molecule has 0 fully saturated rings. The summed E-state index contributed by atoms with van der Waals surface area (Å²) in [6, 6.07) is 18.0. The maximum Gasteiger partial charge on any atom is 0.154 e. The average Bonchev–Trinajstić information content (AvgIpc) is 2.75. The molecule has 0 aliphatic carbocycles. The van der Waals surface area contributed by atoms with Crippen LogP contribution < -0.4 is 16.0 Å². The van der Waals surface area contributed by atoms with Gasteiger partial charge in [-0.3, -0.25) is 9.79 Å². The van der Waals surface area contributed by atoms with Gasteiger partial charge < -0.3 is 16.0 Å². The minimum atomic E-state index is -0.239. The lowest BCUT2D eigenvalue weighted by molar-refractivity contribution is 0.112. The Balaban J connectivity index is 0.000000212. The summed E-state index contributed by atoms with van der Waals surface area (Å²) in [4.78, 5) is 17.4. The number of nitrogens with two attached hydrogens (primary N) is 1. The van der Waals surface area contributed by atoms with Crippen molar-refractivity contribution in [3.63, 3.8) is 0 Å². The van der Waals surface area contributed by atoms with Gasteiger partial charge in [-0.15, -0.1) is 0 Å². The normalized spacial score (nSPS) is 18.2. The molecule has 0 aromatic heterocycles. The van der Waals surface area contributed by atoms with Crippen LogP contribution in [0, 0.1) is 0 Å². The Bertz CT molecular complexity index is 779. The first kappa shape index (κ1) is 23.0. The second kappa shape index (κ2) is 11.6. The Hall–Kier alpha value is -2.31. The number of benzene rings is 2. The van der Waals surface area contributed by atoms with E-state index in [4.69, 9.17) is 5.73 Å². The number of carbonyl (C=O) groups is 1. The monoisotopic (exact) mass is 412 g/mol. The number of hydrogen-bond donors (Lipinski definition) is 2. The number of rotatable bonds is 7. The summed E-state index contributed by atoms with van der Waals surface area (Å²) in [6.07, 6.45) is 3.00. The Morgan fingerprint density at radius 3 is 2.48 bits per heavy atom. The number of aliphatic imine (C=N–C) groups is 1. The van der Waals surface area contributed by atoms with E-state index in [1.807, 2.05) is 37.4 Å². The van der Waals surface area contributed by atoms with E-state index in [9.17, 15) is 4.79 Å². The molecule has 0 bridgehead atoms. The fourth-order valence-corrected chi connectivity index (χ4v) is 4.09. The molecule has 2 aromatic carbocycles. The molecule has 2 aromatic rings. The van der Waals surface area contributed by atoms with E-state index < -0.39 is 0 Å². The zero-order chi connectivity index (χ0) is 21.1. The van der Waals surface area contributed by atoms with Crippen LogP contribution in [0.4, 0.5) is 5.69 Å². The second-order valence-electron chi connectivity index (χ2n) is 7.28. The molecule has 0 saturated carbocycles. The molecule has 1 aliphatic rings. The first-order chi connectivity index (χ1) is 14.0. The molecule has 6 heteroatoms. The average molecular weight is 413 g/mol. The third-order valence-electron chi connectivity index (χ3n) is 4.98. The minimum Gasteiger partial charge on any atom is -0.379 e. The summed E-state index contributed by atoms with van der Waals surface area (Å²) in [5.41, 5.74) is 8.61. The largest absolute Gasteiger partial charge is 0.379 e. The van der Waals surface area contributed by atoms with E-state index in [1.165, 1.54) is 12.1 Å². The lowest BCUT2D eigenvalue weighted by atomic mass is 9.89. The third kappa shape index (κ3) is 7.22.